The summed E-state index contributed by atoms with van der Waals surface area (Å²) in [6.45, 7) is 8.79. The Balaban J connectivity index is 1.48. The van der Waals surface area contributed by atoms with Crippen LogP contribution in [0.15, 0.2) is 84.9 Å². The summed E-state index contributed by atoms with van der Waals surface area (Å²) >= 11 is 0. The van der Waals surface area contributed by atoms with Crippen molar-refractivity contribution in [3.63, 3.8) is 0 Å². The molecule has 4 aromatic rings. The number of hydrogen-bond acceptors (Lipinski definition) is 5. The standard InChI is InChI=1S/C35H35FN2O4/c1-22-11-12-25(36)17-31(22)41-21-29-27(15-16-30-33(29)23(2)19-35(3,4)38-30)28-14-13-26(18-32(28)40-5)42-34(39)37-20-24-9-7-6-8-10-24/h6-19,38H,20-21H2,1-5H3,(H,37,39). The molecule has 42 heavy (non-hydrogen) atoms. The highest BCUT2D eigenvalue weighted by molar-refractivity contribution is 5.88. The van der Waals surface area contributed by atoms with E-state index in [0.717, 1.165) is 44.6 Å². The number of methoxy groups -OCH3 is 1. The predicted molar refractivity (Wildman–Crippen MR) is 165 cm³/mol. The van der Waals surface area contributed by atoms with Crippen molar-refractivity contribution < 1.29 is 23.4 Å². The minimum Gasteiger partial charge on any atom is -0.496 e. The lowest BCUT2D eigenvalue weighted by molar-refractivity contribution is 0.200. The van der Waals surface area contributed by atoms with E-state index in [1.54, 1.807) is 25.3 Å². The van der Waals surface area contributed by atoms with E-state index >= 15 is 0 Å². The second-order valence-electron chi connectivity index (χ2n) is 11.0. The van der Waals surface area contributed by atoms with Gasteiger partial charge in [0.25, 0.3) is 0 Å². The van der Waals surface area contributed by atoms with Crippen molar-refractivity contribution in [2.75, 3.05) is 12.4 Å². The Morgan fingerprint density at radius 1 is 0.929 bits per heavy atom. The number of benzene rings is 4. The van der Waals surface area contributed by atoms with Gasteiger partial charge in [-0.15, -0.1) is 0 Å². The molecule has 0 aromatic heterocycles. The van der Waals surface area contributed by atoms with E-state index in [-0.39, 0.29) is 18.0 Å². The summed E-state index contributed by atoms with van der Waals surface area (Å²) in [5.74, 6) is 1.03. The normalized spacial score (nSPS) is 13.3. The van der Waals surface area contributed by atoms with Crippen molar-refractivity contribution in [3.05, 3.63) is 113 Å². The van der Waals surface area contributed by atoms with Crippen molar-refractivity contribution in [2.24, 2.45) is 0 Å². The third-order valence-electron chi connectivity index (χ3n) is 7.22. The predicted octanol–water partition coefficient (Wildman–Crippen LogP) is 8.28. The molecule has 0 radical (unpaired) electrons. The van der Waals surface area contributed by atoms with E-state index in [9.17, 15) is 9.18 Å². The molecule has 0 saturated heterocycles. The molecule has 0 fully saturated rings. The first-order valence-electron chi connectivity index (χ1n) is 13.8. The number of carbonyl (C=O) groups excluding carboxylic acids is 1. The topological polar surface area (TPSA) is 68.8 Å². The summed E-state index contributed by atoms with van der Waals surface area (Å²) < 4.78 is 31.6. The van der Waals surface area contributed by atoms with Crippen LogP contribution < -0.4 is 24.8 Å². The number of fused-ring (bicyclic) bond motifs is 1. The molecule has 0 bridgehead atoms. The number of anilines is 1. The maximum atomic E-state index is 14.0. The van der Waals surface area contributed by atoms with Gasteiger partial charge in [0, 0.05) is 41.1 Å². The first kappa shape index (κ1) is 28.7. The maximum Gasteiger partial charge on any atom is 0.412 e. The Bertz CT molecular complexity index is 1650. The first-order chi connectivity index (χ1) is 20.1. The lowest BCUT2D eigenvalue weighted by Crippen LogP contribution is -2.32. The highest BCUT2D eigenvalue weighted by Gasteiger charge is 2.27. The van der Waals surface area contributed by atoms with Crippen molar-refractivity contribution >= 4 is 17.4 Å². The van der Waals surface area contributed by atoms with E-state index in [1.165, 1.54) is 12.1 Å². The highest BCUT2D eigenvalue weighted by Crippen LogP contribution is 2.43. The van der Waals surface area contributed by atoms with Gasteiger partial charge in [0.2, 0.25) is 0 Å². The van der Waals surface area contributed by atoms with E-state index in [4.69, 9.17) is 14.2 Å². The van der Waals surface area contributed by atoms with Crippen molar-refractivity contribution in [1.82, 2.24) is 5.32 Å². The summed E-state index contributed by atoms with van der Waals surface area (Å²) in [5.41, 5.74) is 7.38. The zero-order valence-electron chi connectivity index (χ0n) is 24.5. The SMILES string of the molecule is COc1cc(OC(=O)NCc2ccccc2)ccc1-c1ccc2c(c1COc1cc(F)ccc1C)C(C)=CC(C)(C)N2. The molecule has 7 heteroatoms. The summed E-state index contributed by atoms with van der Waals surface area (Å²) in [7, 11) is 1.58. The smallest absolute Gasteiger partial charge is 0.412 e. The van der Waals surface area contributed by atoms with Crippen molar-refractivity contribution in [1.29, 1.82) is 0 Å². The number of carbonyl (C=O) groups is 1. The van der Waals surface area contributed by atoms with Gasteiger partial charge in [-0.25, -0.2) is 9.18 Å². The van der Waals surface area contributed by atoms with E-state index in [1.807, 2.05) is 49.4 Å². The van der Waals surface area contributed by atoms with E-state index < -0.39 is 6.09 Å². The minimum atomic E-state index is -0.559. The number of rotatable bonds is 8. The van der Waals surface area contributed by atoms with Gasteiger partial charge in [-0.3, -0.25) is 0 Å². The van der Waals surface area contributed by atoms with Crippen LogP contribution in [-0.2, 0) is 13.2 Å². The third kappa shape index (κ3) is 6.41. The number of allylic oxidation sites excluding steroid dienone is 1. The Morgan fingerprint density at radius 2 is 1.69 bits per heavy atom. The Labute approximate surface area is 246 Å². The Kier molecular flexibility index (Phi) is 8.20. The molecule has 1 aliphatic rings. The number of hydrogen-bond donors (Lipinski definition) is 2. The molecule has 0 saturated carbocycles. The zero-order chi connectivity index (χ0) is 29.9. The van der Waals surface area contributed by atoms with Crippen molar-refractivity contribution in [2.45, 2.75) is 46.4 Å². The van der Waals surface area contributed by atoms with E-state index in [2.05, 4.69) is 43.5 Å². The second-order valence-corrected chi connectivity index (χ2v) is 11.0. The number of nitrogens with one attached hydrogen (secondary N) is 2. The van der Waals surface area contributed by atoms with Crippen LogP contribution in [0, 0.1) is 12.7 Å². The van der Waals surface area contributed by atoms with Crippen molar-refractivity contribution in [3.8, 4) is 28.4 Å². The van der Waals surface area contributed by atoms with Gasteiger partial charge >= 0.3 is 6.09 Å². The molecule has 1 aliphatic heterocycles. The third-order valence-corrected chi connectivity index (χ3v) is 7.22. The van der Waals surface area contributed by atoms with Gasteiger partial charge in [-0.05, 0) is 74.2 Å². The Morgan fingerprint density at radius 3 is 2.45 bits per heavy atom. The quantitative estimate of drug-likeness (QED) is 0.225. The van der Waals surface area contributed by atoms with Crippen LogP contribution >= 0.6 is 0 Å². The van der Waals surface area contributed by atoms with Gasteiger partial charge in [0.05, 0.1) is 12.6 Å². The lowest BCUT2D eigenvalue weighted by Gasteiger charge is -2.33. The van der Waals surface area contributed by atoms with Crippen LogP contribution in [0.2, 0.25) is 0 Å². The average molecular weight is 567 g/mol. The molecule has 5 rings (SSSR count). The van der Waals surface area contributed by atoms with Crippen LogP contribution in [0.1, 0.15) is 43.0 Å². The van der Waals surface area contributed by atoms with Gasteiger partial charge < -0.3 is 24.8 Å². The Hall–Kier alpha value is -4.78. The fourth-order valence-corrected chi connectivity index (χ4v) is 5.35. The molecule has 0 unspecified atom stereocenters. The summed E-state index contributed by atoms with van der Waals surface area (Å²) in [6, 6.07) is 23.6. The monoisotopic (exact) mass is 566 g/mol. The molecule has 2 N–H and O–H groups in total. The fourth-order valence-electron chi connectivity index (χ4n) is 5.35. The number of halogens is 1. The van der Waals surface area contributed by atoms with Gasteiger partial charge in [-0.1, -0.05) is 48.5 Å². The van der Waals surface area contributed by atoms with Gasteiger partial charge in [0.15, 0.2) is 0 Å². The molecule has 6 nitrogen and oxygen atoms in total. The molecule has 0 spiro atoms. The molecular weight excluding hydrogens is 531 g/mol. The van der Waals surface area contributed by atoms with Crippen LogP contribution in [0.25, 0.3) is 16.7 Å². The summed E-state index contributed by atoms with van der Waals surface area (Å²) in [4.78, 5) is 12.5. The number of aryl methyl sites for hydroxylation is 1. The average Bonchev–Trinajstić information content (AvgIpc) is 2.96. The second kappa shape index (κ2) is 12.0. The molecule has 1 heterocycles. The van der Waals surface area contributed by atoms with E-state index in [0.29, 0.717) is 23.8 Å². The van der Waals surface area contributed by atoms with Gasteiger partial charge in [-0.2, -0.15) is 0 Å². The molecule has 1 amide bonds. The van der Waals surface area contributed by atoms with Gasteiger partial charge in [0.1, 0.15) is 29.7 Å². The maximum absolute atomic E-state index is 14.0. The zero-order valence-corrected chi connectivity index (χ0v) is 24.5. The molecule has 0 aliphatic carbocycles. The summed E-state index contributed by atoms with van der Waals surface area (Å²) in [6.07, 6.45) is 1.63. The molecule has 0 atom stereocenters. The minimum absolute atomic E-state index is 0.208. The van der Waals surface area contributed by atoms with Crippen LogP contribution in [0.4, 0.5) is 14.9 Å². The van der Waals surface area contributed by atoms with Crippen LogP contribution in [0.3, 0.4) is 0 Å². The fraction of sp³-hybridized carbons (Fsp3) is 0.229. The highest BCUT2D eigenvalue weighted by atomic mass is 19.1. The molecule has 4 aromatic carbocycles. The molecule has 216 valence electrons. The largest absolute Gasteiger partial charge is 0.496 e. The number of ether oxygens (including phenoxy) is 3. The number of amides is 1. The lowest BCUT2D eigenvalue weighted by atomic mass is 9.85. The molecular formula is C35H35FN2O4. The first-order valence-corrected chi connectivity index (χ1v) is 13.8. The van der Waals surface area contributed by atoms with Crippen LogP contribution in [0.5, 0.6) is 17.2 Å². The van der Waals surface area contributed by atoms with Crippen LogP contribution in [-0.4, -0.2) is 18.7 Å². The summed E-state index contributed by atoms with van der Waals surface area (Å²) in [5, 5.41) is 6.37.